The maximum Gasteiger partial charge on any atom is 0.272 e. The van der Waals surface area contributed by atoms with E-state index in [2.05, 4.69) is 29.8 Å². The van der Waals surface area contributed by atoms with Gasteiger partial charge in [-0.1, -0.05) is 29.8 Å². The largest absolute Gasteiger partial charge is 0.497 e. The summed E-state index contributed by atoms with van der Waals surface area (Å²) < 4.78 is 5.11. The molecule has 0 heterocycles. The molecule has 0 bridgehead atoms. The van der Waals surface area contributed by atoms with E-state index < -0.39 is 0 Å². The van der Waals surface area contributed by atoms with Crippen molar-refractivity contribution in [3.63, 3.8) is 0 Å². The second kappa shape index (κ2) is 6.73. The van der Waals surface area contributed by atoms with E-state index in [1.807, 2.05) is 0 Å². The van der Waals surface area contributed by atoms with Gasteiger partial charge >= 0.3 is 0 Å². The predicted molar refractivity (Wildman–Crippen MR) is 75.5 cm³/mol. The summed E-state index contributed by atoms with van der Waals surface area (Å²) in [5.41, 5.74) is 0.867. The number of nitro groups is 1. The Morgan fingerprint density at radius 3 is 2.61 bits per heavy atom. The first-order chi connectivity index (χ1) is 8.43. The summed E-state index contributed by atoms with van der Waals surface area (Å²) in [4.78, 5) is 10.9. The second-order valence-corrected chi connectivity index (χ2v) is 5.98. The zero-order chi connectivity index (χ0) is 13.7. The molecular formula is C13H18BrNO3. The third kappa shape index (κ3) is 4.29. The zero-order valence-electron chi connectivity index (χ0n) is 10.9. The molecule has 1 aromatic carbocycles. The Morgan fingerprint density at radius 1 is 1.44 bits per heavy atom. The van der Waals surface area contributed by atoms with Crippen molar-refractivity contribution in [1.29, 1.82) is 0 Å². The molecule has 1 rings (SSSR count). The average molecular weight is 316 g/mol. The molecule has 0 N–H and O–H groups in total. The van der Waals surface area contributed by atoms with Crippen LogP contribution in [-0.2, 0) is 6.42 Å². The fourth-order valence-electron chi connectivity index (χ4n) is 1.86. The lowest BCUT2D eigenvalue weighted by Crippen LogP contribution is -2.08. The minimum absolute atomic E-state index is 0.156. The van der Waals surface area contributed by atoms with Crippen molar-refractivity contribution in [3.8, 4) is 5.75 Å². The molecule has 5 heteroatoms. The van der Waals surface area contributed by atoms with Gasteiger partial charge in [0.1, 0.15) is 5.75 Å². The number of nitro benzene ring substituents is 1. The van der Waals surface area contributed by atoms with E-state index in [-0.39, 0.29) is 15.4 Å². The molecule has 18 heavy (non-hydrogen) atoms. The van der Waals surface area contributed by atoms with E-state index in [1.54, 1.807) is 19.2 Å². The third-order valence-corrected chi connectivity index (χ3v) is 3.35. The lowest BCUT2D eigenvalue weighted by Gasteiger charge is -2.13. The maximum absolute atomic E-state index is 11.0. The minimum atomic E-state index is -0.343. The first kappa shape index (κ1) is 15.0. The number of hydrogen-bond donors (Lipinski definition) is 0. The molecular weight excluding hydrogens is 298 g/mol. The molecule has 0 aliphatic rings. The predicted octanol–water partition coefficient (Wildman–Crippen LogP) is 3.96. The second-order valence-electron chi connectivity index (χ2n) is 4.68. The molecule has 0 aliphatic carbocycles. The summed E-state index contributed by atoms with van der Waals surface area (Å²) in [5.74, 6) is 1.21. The van der Waals surface area contributed by atoms with Crippen LogP contribution >= 0.6 is 15.9 Å². The Labute approximate surface area is 116 Å². The number of benzene rings is 1. The number of rotatable bonds is 6. The van der Waals surface area contributed by atoms with Crippen LogP contribution in [0.15, 0.2) is 18.2 Å². The lowest BCUT2D eigenvalue weighted by molar-refractivity contribution is -0.385. The van der Waals surface area contributed by atoms with Gasteiger partial charge < -0.3 is 4.74 Å². The van der Waals surface area contributed by atoms with Gasteiger partial charge in [0.15, 0.2) is 0 Å². The Kier molecular flexibility index (Phi) is 5.59. The highest BCUT2D eigenvalue weighted by Gasteiger charge is 2.18. The van der Waals surface area contributed by atoms with Gasteiger partial charge in [0, 0.05) is 16.5 Å². The van der Waals surface area contributed by atoms with Gasteiger partial charge in [0.05, 0.1) is 12.0 Å². The van der Waals surface area contributed by atoms with E-state index in [4.69, 9.17) is 4.74 Å². The SMILES string of the molecule is COc1ccc([N+](=O)[O-])c(CC(Br)CC(C)C)c1. The Morgan fingerprint density at radius 2 is 2.11 bits per heavy atom. The molecule has 0 saturated carbocycles. The van der Waals surface area contributed by atoms with Gasteiger partial charge in [-0.3, -0.25) is 10.1 Å². The van der Waals surface area contributed by atoms with Crippen LogP contribution in [0, 0.1) is 16.0 Å². The summed E-state index contributed by atoms with van der Waals surface area (Å²) in [6.45, 7) is 4.27. The Bertz CT molecular complexity index is 421. The highest BCUT2D eigenvalue weighted by atomic mass is 79.9. The van der Waals surface area contributed by atoms with Crippen molar-refractivity contribution in [3.05, 3.63) is 33.9 Å². The van der Waals surface area contributed by atoms with Crippen LogP contribution in [0.5, 0.6) is 5.75 Å². The molecule has 1 aromatic rings. The number of ether oxygens (including phenoxy) is 1. The van der Waals surface area contributed by atoms with E-state index in [9.17, 15) is 10.1 Å². The Hall–Kier alpha value is -1.10. The van der Waals surface area contributed by atoms with E-state index in [0.717, 1.165) is 6.42 Å². The summed E-state index contributed by atoms with van der Waals surface area (Å²) in [5, 5.41) is 11.0. The van der Waals surface area contributed by atoms with Crippen molar-refractivity contribution < 1.29 is 9.66 Å². The molecule has 0 fully saturated rings. The monoisotopic (exact) mass is 315 g/mol. The highest BCUT2D eigenvalue weighted by Crippen LogP contribution is 2.28. The lowest BCUT2D eigenvalue weighted by atomic mass is 10.0. The van der Waals surface area contributed by atoms with Gasteiger partial charge in [0.2, 0.25) is 0 Å². The van der Waals surface area contributed by atoms with Crippen molar-refractivity contribution >= 4 is 21.6 Å². The molecule has 0 amide bonds. The van der Waals surface area contributed by atoms with Crippen LogP contribution in [0.4, 0.5) is 5.69 Å². The molecule has 100 valence electrons. The number of alkyl halides is 1. The van der Waals surface area contributed by atoms with Gasteiger partial charge in [-0.15, -0.1) is 0 Å². The number of hydrogen-bond acceptors (Lipinski definition) is 3. The van der Waals surface area contributed by atoms with E-state index in [1.165, 1.54) is 6.07 Å². The molecule has 0 radical (unpaired) electrons. The van der Waals surface area contributed by atoms with Gasteiger partial charge in [0.25, 0.3) is 5.69 Å². The van der Waals surface area contributed by atoms with Crippen LogP contribution in [-0.4, -0.2) is 16.9 Å². The first-order valence-electron chi connectivity index (χ1n) is 5.89. The van der Waals surface area contributed by atoms with Crippen molar-refractivity contribution in [1.82, 2.24) is 0 Å². The molecule has 0 spiro atoms. The van der Waals surface area contributed by atoms with Gasteiger partial charge in [-0.25, -0.2) is 0 Å². The summed E-state index contributed by atoms with van der Waals surface area (Å²) in [6, 6.07) is 4.86. The maximum atomic E-state index is 11.0. The van der Waals surface area contributed by atoms with Crippen molar-refractivity contribution in [2.24, 2.45) is 5.92 Å². The molecule has 4 nitrogen and oxygen atoms in total. The highest BCUT2D eigenvalue weighted by molar-refractivity contribution is 9.09. The van der Waals surface area contributed by atoms with E-state index >= 15 is 0 Å². The van der Waals surface area contributed by atoms with Crippen LogP contribution in [0.3, 0.4) is 0 Å². The van der Waals surface area contributed by atoms with Crippen LogP contribution in [0.25, 0.3) is 0 Å². The third-order valence-electron chi connectivity index (χ3n) is 2.65. The average Bonchev–Trinajstić information content (AvgIpc) is 2.27. The van der Waals surface area contributed by atoms with Gasteiger partial charge in [-0.2, -0.15) is 0 Å². The van der Waals surface area contributed by atoms with Crippen molar-refractivity contribution in [2.45, 2.75) is 31.5 Å². The molecule has 1 unspecified atom stereocenters. The minimum Gasteiger partial charge on any atom is -0.497 e. The summed E-state index contributed by atoms with van der Waals surface area (Å²) in [6.07, 6.45) is 1.61. The first-order valence-corrected chi connectivity index (χ1v) is 6.81. The molecule has 0 aromatic heterocycles. The topological polar surface area (TPSA) is 52.4 Å². The zero-order valence-corrected chi connectivity index (χ0v) is 12.4. The summed E-state index contributed by atoms with van der Waals surface area (Å²) in [7, 11) is 1.56. The molecule has 1 atom stereocenters. The van der Waals surface area contributed by atoms with Gasteiger partial charge in [-0.05, 0) is 30.9 Å². The fraction of sp³-hybridized carbons (Fsp3) is 0.538. The van der Waals surface area contributed by atoms with Crippen LogP contribution in [0.2, 0.25) is 0 Å². The Balaban J connectivity index is 2.93. The smallest absolute Gasteiger partial charge is 0.272 e. The number of methoxy groups -OCH3 is 1. The standard InChI is InChI=1S/C13H18BrNO3/c1-9(2)6-11(14)7-10-8-12(18-3)4-5-13(10)15(16)17/h4-5,8-9,11H,6-7H2,1-3H3. The normalized spacial score (nSPS) is 12.5. The van der Waals surface area contributed by atoms with Crippen LogP contribution in [0.1, 0.15) is 25.8 Å². The number of nitrogens with zero attached hydrogens (tertiary/aromatic N) is 1. The van der Waals surface area contributed by atoms with Crippen molar-refractivity contribution in [2.75, 3.05) is 7.11 Å². The van der Waals surface area contributed by atoms with Crippen LogP contribution < -0.4 is 4.74 Å². The quantitative estimate of drug-likeness (QED) is 0.453. The summed E-state index contributed by atoms with van der Waals surface area (Å²) >= 11 is 3.58. The van der Waals surface area contributed by atoms with E-state index in [0.29, 0.717) is 23.7 Å². The fourth-order valence-corrected chi connectivity index (χ4v) is 2.96. The molecule has 0 saturated heterocycles. The number of halogens is 1. The molecule has 0 aliphatic heterocycles.